The number of aryl methyl sites for hydroxylation is 1. The van der Waals surface area contributed by atoms with Gasteiger partial charge in [0.25, 0.3) is 5.91 Å². The highest BCUT2D eigenvalue weighted by molar-refractivity contribution is 7.99. The van der Waals surface area contributed by atoms with Gasteiger partial charge in [-0.3, -0.25) is 4.79 Å². The van der Waals surface area contributed by atoms with E-state index in [2.05, 4.69) is 27.1 Å². The lowest BCUT2D eigenvalue weighted by Gasteiger charge is -2.28. The maximum atomic E-state index is 12.6. The molecule has 0 unspecified atom stereocenters. The Morgan fingerprint density at radius 2 is 2.12 bits per heavy atom. The Morgan fingerprint density at radius 3 is 2.88 bits per heavy atom. The predicted octanol–water partition coefficient (Wildman–Crippen LogP) is 3.54. The van der Waals surface area contributed by atoms with Crippen LogP contribution in [0.3, 0.4) is 0 Å². The quantitative estimate of drug-likeness (QED) is 0.738. The van der Waals surface area contributed by atoms with Crippen molar-refractivity contribution in [2.45, 2.75) is 13.5 Å². The Hall–Kier alpha value is -1.64. The molecule has 0 aliphatic carbocycles. The Labute approximate surface area is 158 Å². The summed E-state index contributed by atoms with van der Waals surface area (Å²) in [6, 6.07) is 3.99. The lowest BCUT2D eigenvalue weighted by molar-refractivity contribution is 0.0941. The van der Waals surface area contributed by atoms with E-state index in [9.17, 15) is 4.79 Å². The van der Waals surface area contributed by atoms with Crippen molar-refractivity contribution in [1.82, 2.24) is 15.3 Å². The van der Waals surface area contributed by atoms with Crippen LogP contribution in [0.15, 0.2) is 22.9 Å². The van der Waals surface area contributed by atoms with Gasteiger partial charge in [0.05, 0.1) is 17.4 Å². The molecule has 1 fully saturated rings. The molecule has 1 saturated heterocycles. The number of nitrogens with one attached hydrogen (secondary N) is 1. The van der Waals surface area contributed by atoms with Gasteiger partial charge in [-0.25, -0.2) is 9.97 Å². The minimum Gasteiger partial charge on any atom is -0.354 e. The van der Waals surface area contributed by atoms with Crippen LogP contribution in [0.25, 0.3) is 10.9 Å². The summed E-state index contributed by atoms with van der Waals surface area (Å²) in [4.78, 5) is 26.4. The van der Waals surface area contributed by atoms with Crippen LogP contribution in [0, 0.1) is 6.92 Å². The third-order valence-electron chi connectivity index (χ3n) is 4.13. The van der Waals surface area contributed by atoms with Gasteiger partial charge in [-0.2, -0.15) is 11.8 Å². The fraction of sp³-hybridized carbons (Fsp3) is 0.353. The number of carbonyl (C=O) groups excluding carboxylic acids is 1. The molecule has 130 valence electrons. The molecule has 5 nitrogen and oxygen atoms in total. The Bertz CT molecular complexity index is 885. The molecule has 1 aliphatic rings. The summed E-state index contributed by atoms with van der Waals surface area (Å²) < 4.78 is 0. The molecular weight excluding hydrogens is 372 g/mol. The molecule has 0 atom stereocenters. The van der Waals surface area contributed by atoms with Crippen molar-refractivity contribution in [2.24, 2.45) is 0 Å². The van der Waals surface area contributed by atoms with E-state index in [4.69, 9.17) is 0 Å². The number of anilines is 1. The monoisotopic (exact) mass is 390 g/mol. The van der Waals surface area contributed by atoms with Gasteiger partial charge >= 0.3 is 0 Å². The predicted molar refractivity (Wildman–Crippen MR) is 107 cm³/mol. The highest BCUT2D eigenvalue weighted by Crippen LogP contribution is 2.32. The van der Waals surface area contributed by atoms with E-state index in [0.717, 1.165) is 46.2 Å². The molecule has 3 aromatic heterocycles. The van der Waals surface area contributed by atoms with Gasteiger partial charge < -0.3 is 10.2 Å². The number of thioether (sulfide) groups is 1. The lowest BCUT2D eigenvalue weighted by Crippen LogP contribution is -2.34. The Balaban J connectivity index is 1.65. The molecule has 0 saturated carbocycles. The third kappa shape index (κ3) is 3.51. The lowest BCUT2D eigenvalue weighted by atomic mass is 10.2. The smallest absolute Gasteiger partial charge is 0.289 e. The zero-order chi connectivity index (χ0) is 17.2. The van der Waals surface area contributed by atoms with Gasteiger partial charge in [0.2, 0.25) is 5.82 Å². The van der Waals surface area contributed by atoms with E-state index in [1.807, 2.05) is 34.7 Å². The number of thiophene rings is 2. The molecule has 1 aliphatic heterocycles. The molecule has 25 heavy (non-hydrogen) atoms. The third-order valence-corrected chi connectivity index (χ3v) is 6.85. The van der Waals surface area contributed by atoms with Crippen molar-refractivity contribution in [1.29, 1.82) is 0 Å². The molecule has 8 heteroatoms. The molecule has 0 radical (unpaired) electrons. The summed E-state index contributed by atoms with van der Waals surface area (Å²) in [5.41, 5.74) is 0.868. The minimum atomic E-state index is -0.216. The van der Waals surface area contributed by atoms with Gasteiger partial charge in [-0.1, -0.05) is 6.07 Å². The maximum absolute atomic E-state index is 12.6. The minimum absolute atomic E-state index is 0.216. The van der Waals surface area contributed by atoms with Crippen molar-refractivity contribution >= 4 is 57.1 Å². The van der Waals surface area contributed by atoms with Crippen LogP contribution in [0.5, 0.6) is 0 Å². The van der Waals surface area contributed by atoms with E-state index in [1.165, 1.54) is 4.88 Å². The van der Waals surface area contributed by atoms with Crippen molar-refractivity contribution in [2.75, 3.05) is 29.5 Å². The summed E-state index contributed by atoms with van der Waals surface area (Å²) in [5, 5.41) is 8.04. The average Bonchev–Trinajstić information content (AvgIpc) is 3.30. The first-order valence-electron chi connectivity index (χ1n) is 8.11. The maximum Gasteiger partial charge on any atom is 0.289 e. The van der Waals surface area contributed by atoms with E-state index < -0.39 is 0 Å². The van der Waals surface area contributed by atoms with Crippen molar-refractivity contribution in [3.05, 3.63) is 38.5 Å². The van der Waals surface area contributed by atoms with Crippen LogP contribution in [0.4, 0.5) is 5.82 Å². The zero-order valence-corrected chi connectivity index (χ0v) is 16.3. The van der Waals surface area contributed by atoms with Crippen LogP contribution in [-0.2, 0) is 6.54 Å². The fourth-order valence-corrected chi connectivity index (χ4v) is 5.18. The molecule has 4 rings (SSSR count). The number of amides is 1. The SMILES string of the molecule is Cc1scc2nc(C(=O)NCc3cccs3)nc(N3CCSCC3)c12. The molecule has 1 N–H and O–H groups in total. The van der Waals surface area contributed by atoms with Crippen LogP contribution in [0.1, 0.15) is 20.4 Å². The van der Waals surface area contributed by atoms with Gasteiger partial charge in [0.15, 0.2) is 0 Å². The second-order valence-corrected chi connectivity index (χ2v) is 9.13. The van der Waals surface area contributed by atoms with Crippen molar-refractivity contribution in [3.8, 4) is 0 Å². The Kier molecular flexibility index (Phi) is 4.91. The normalized spacial score (nSPS) is 14.8. The van der Waals surface area contributed by atoms with Gasteiger partial charge in [-0.05, 0) is 18.4 Å². The number of aromatic nitrogens is 2. The first kappa shape index (κ1) is 16.8. The molecule has 1 amide bonds. The van der Waals surface area contributed by atoms with E-state index in [-0.39, 0.29) is 11.7 Å². The molecular formula is C17H18N4OS3. The highest BCUT2D eigenvalue weighted by atomic mass is 32.2. The number of nitrogens with zero attached hydrogens (tertiary/aromatic N) is 3. The van der Waals surface area contributed by atoms with Crippen LogP contribution in [-0.4, -0.2) is 40.5 Å². The molecule has 0 spiro atoms. The largest absolute Gasteiger partial charge is 0.354 e. The van der Waals surface area contributed by atoms with Gasteiger partial charge in [0, 0.05) is 39.7 Å². The highest BCUT2D eigenvalue weighted by Gasteiger charge is 2.21. The standard InChI is InChI=1S/C17H18N4OS3/c1-11-14-13(10-25-11)19-15(17(22)18-9-12-3-2-6-24-12)20-16(14)21-4-7-23-8-5-21/h2-3,6,10H,4-5,7-9H2,1H3,(H,18,22). The number of rotatable bonds is 4. The van der Waals surface area contributed by atoms with E-state index in [1.54, 1.807) is 22.7 Å². The Morgan fingerprint density at radius 1 is 1.28 bits per heavy atom. The zero-order valence-electron chi connectivity index (χ0n) is 13.8. The summed E-state index contributed by atoms with van der Waals surface area (Å²) in [5.74, 6) is 3.13. The van der Waals surface area contributed by atoms with Crippen molar-refractivity contribution < 1.29 is 4.79 Å². The van der Waals surface area contributed by atoms with Crippen molar-refractivity contribution in [3.63, 3.8) is 0 Å². The number of hydrogen-bond donors (Lipinski definition) is 1. The topological polar surface area (TPSA) is 58.1 Å². The van der Waals surface area contributed by atoms with E-state index >= 15 is 0 Å². The summed E-state index contributed by atoms with van der Waals surface area (Å²) in [6.07, 6.45) is 0. The molecule has 3 aromatic rings. The van der Waals surface area contributed by atoms with Crippen LogP contribution < -0.4 is 10.2 Å². The summed E-state index contributed by atoms with van der Waals surface area (Å²) >= 11 is 5.25. The second kappa shape index (κ2) is 7.31. The first-order valence-corrected chi connectivity index (χ1v) is 11.0. The van der Waals surface area contributed by atoms with Crippen LogP contribution >= 0.6 is 34.4 Å². The summed E-state index contributed by atoms with van der Waals surface area (Å²) in [7, 11) is 0. The van der Waals surface area contributed by atoms with E-state index in [0.29, 0.717) is 6.54 Å². The molecule has 0 aromatic carbocycles. The number of hydrogen-bond acceptors (Lipinski definition) is 7. The van der Waals surface area contributed by atoms with Gasteiger partial charge in [0.1, 0.15) is 5.82 Å². The number of carbonyl (C=O) groups is 1. The molecule has 0 bridgehead atoms. The van der Waals surface area contributed by atoms with Crippen LogP contribution in [0.2, 0.25) is 0 Å². The second-order valence-electron chi connectivity index (χ2n) is 5.78. The average molecular weight is 391 g/mol. The summed E-state index contributed by atoms with van der Waals surface area (Å²) in [6.45, 7) is 4.52. The first-order chi connectivity index (χ1) is 12.2. The number of fused-ring (bicyclic) bond motifs is 1. The fourth-order valence-electron chi connectivity index (χ4n) is 2.86. The molecule has 4 heterocycles. The van der Waals surface area contributed by atoms with Gasteiger partial charge in [-0.15, -0.1) is 22.7 Å².